The number of aromatic nitrogens is 1. The van der Waals surface area contributed by atoms with Gasteiger partial charge in [-0.2, -0.15) is 0 Å². The lowest BCUT2D eigenvalue weighted by Gasteiger charge is -2.35. The van der Waals surface area contributed by atoms with Crippen molar-refractivity contribution >= 4 is 0 Å². The molecule has 0 aromatic carbocycles. The van der Waals surface area contributed by atoms with E-state index in [0.29, 0.717) is 12.2 Å². The van der Waals surface area contributed by atoms with Crippen LogP contribution in [0.1, 0.15) is 39.3 Å². The van der Waals surface area contributed by atoms with E-state index in [0.717, 1.165) is 0 Å². The molecule has 1 rings (SSSR count). The highest BCUT2D eigenvalue weighted by molar-refractivity contribution is 5.19. The van der Waals surface area contributed by atoms with Crippen LogP contribution in [-0.4, -0.2) is 17.7 Å². The van der Waals surface area contributed by atoms with Crippen molar-refractivity contribution in [3.8, 4) is 0 Å². The third kappa shape index (κ3) is 3.48. The number of hydrogen-bond acceptors (Lipinski definition) is 3. The Morgan fingerprint density at radius 3 is 2.59 bits per heavy atom. The molecule has 0 aliphatic carbocycles. The van der Waals surface area contributed by atoms with Gasteiger partial charge in [-0.1, -0.05) is 20.8 Å². The zero-order valence-corrected chi connectivity index (χ0v) is 10.9. The summed E-state index contributed by atoms with van der Waals surface area (Å²) in [6.07, 6.45) is 2.49. The highest BCUT2D eigenvalue weighted by atomic mass is 19.1. The van der Waals surface area contributed by atoms with Crippen LogP contribution in [0, 0.1) is 11.2 Å². The van der Waals surface area contributed by atoms with E-state index in [2.05, 4.69) is 4.98 Å². The Labute approximate surface area is 102 Å². The molecule has 1 heterocycles. The normalized spacial score (nSPS) is 15.6. The van der Waals surface area contributed by atoms with Crippen molar-refractivity contribution in [3.63, 3.8) is 0 Å². The van der Waals surface area contributed by atoms with Gasteiger partial charge in [0.1, 0.15) is 5.82 Å². The van der Waals surface area contributed by atoms with E-state index in [9.17, 15) is 4.39 Å². The van der Waals surface area contributed by atoms with E-state index in [4.69, 9.17) is 10.5 Å². The quantitative estimate of drug-likeness (QED) is 0.880. The van der Waals surface area contributed by atoms with Crippen LogP contribution < -0.4 is 5.73 Å². The van der Waals surface area contributed by atoms with Crippen LogP contribution in [0.3, 0.4) is 0 Å². The number of halogens is 1. The SMILES string of the molecule is CCOC(C(N)c1ccncc1F)C(C)(C)C. The molecule has 0 fully saturated rings. The first kappa shape index (κ1) is 14.1. The van der Waals surface area contributed by atoms with Gasteiger partial charge in [0.2, 0.25) is 0 Å². The summed E-state index contributed by atoms with van der Waals surface area (Å²) in [7, 11) is 0. The van der Waals surface area contributed by atoms with Gasteiger partial charge in [-0.15, -0.1) is 0 Å². The van der Waals surface area contributed by atoms with E-state index >= 15 is 0 Å². The van der Waals surface area contributed by atoms with Crippen LogP contribution in [0.15, 0.2) is 18.5 Å². The molecule has 2 atom stereocenters. The van der Waals surface area contributed by atoms with E-state index in [-0.39, 0.29) is 17.3 Å². The maximum atomic E-state index is 13.6. The highest BCUT2D eigenvalue weighted by Crippen LogP contribution is 2.32. The number of hydrogen-bond donors (Lipinski definition) is 1. The van der Waals surface area contributed by atoms with Crippen molar-refractivity contribution < 1.29 is 9.13 Å². The Hall–Kier alpha value is -1.00. The van der Waals surface area contributed by atoms with Gasteiger partial charge in [0, 0.05) is 18.4 Å². The molecule has 0 saturated carbocycles. The van der Waals surface area contributed by atoms with Crippen LogP contribution in [0.2, 0.25) is 0 Å². The third-order valence-corrected chi connectivity index (χ3v) is 2.69. The minimum Gasteiger partial charge on any atom is -0.376 e. The summed E-state index contributed by atoms with van der Waals surface area (Å²) < 4.78 is 19.3. The average Bonchev–Trinajstić information content (AvgIpc) is 2.24. The van der Waals surface area contributed by atoms with E-state index in [1.165, 1.54) is 6.20 Å². The van der Waals surface area contributed by atoms with Crippen LogP contribution in [0.5, 0.6) is 0 Å². The molecule has 0 spiro atoms. The molecule has 96 valence electrons. The van der Waals surface area contributed by atoms with Gasteiger partial charge in [-0.05, 0) is 18.4 Å². The lowest BCUT2D eigenvalue weighted by atomic mass is 9.82. The summed E-state index contributed by atoms with van der Waals surface area (Å²) in [4.78, 5) is 3.72. The number of rotatable bonds is 4. The minimum absolute atomic E-state index is 0.148. The Bertz CT molecular complexity index is 363. The first-order valence-electron chi connectivity index (χ1n) is 5.84. The average molecular weight is 240 g/mol. The predicted octanol–water partition coefficient (Wildman–Crippen LogP) is 2.67. The second-order valence-electron chi connectivity index (χ2n) is 5.16. The molecule has 3 nitrogen and oxygen atoms in total. The maximum absolute atomic E-state index is 13.6. The molecule has 17 heavy (non-hydrogen) atoms. The predicted molar refractivity (Wildman–Crippen MR) is 66.0 cm³/mol. The summed E-state index contributed by atoms with van der Waals surface area (Å²) in [5.41, 5.74) is 6.42. The van der Waals surface area contributed by atoms with Crippen molar-refractivity contribution in [2.24, 2.45) is 11.1 Å². The molecule has 2 unspecified atom stereocenters. The van der Waals surface area contributed by atoms with Gasteiger partial charge in [-0.25, -0.2) is 4.39 Å². The van der Waals surface area contributed by atoms with Crippen molar-refractivity contribution in [2.45, 2.75) is 39.8 Å². The lowest BCUT2D eigenvalue weighted by molar-refractivity contribution is -0.0289. The van der Waals surface area contributed by atoms with E-state index < -0.39 is 6.04 Å². The van der Waals surface area contributed by atoms with Crippen molar-refractivity contribution in [2.75, 3.05) is 6.61 Å². The first-order chi connectivity index (χ1) is 7.88. The number of ether oxygens (including phenoxy) is 1. The molecule has 0 aliphatic heterocycles. The fraction of sp³-hybridized carbons (Fsp3) is 0.615. The summed E-state index contributed by atoms with van der Waals surface area (Å²) in [6, 6.07) is 1.12. The number of pyridine rings is 1. The molecule has 0 saturated heterocycles. The Balaban J connectivity index is 3.00. The molecule has 0 bridgehead atoms. The molecular weight excluding hydrogens is 219 g/mol. The summed E-state index contributed by atoms with van der Waals surface area (Å²) in [5, 5.41) is 0. The second kappa shape index (κ2) is 5.56. The summed E-state index contributed by atoms with van der Waals surface area (Å²) in [5.74, 6) is -0.381. The van der Waals surface area contributed by atoms with Crippen molar-refractivity contribution in [3.05, 3.63) is 29.8 Å². The fourth-order valence-electron chi connectivity index (χ4n) is 1.89. The largest absolute Gasteiger partial charge is 0.376 e. The van der Waals surface area contributed by atoms with Gasteiger partial charge >= 0.3 is 0 Å². The van der Waals surface area contributed by atoms with Gasteiger partial charge in [0.15, 0.2) is 0 Å². The minimum atomic E-state index is -0.488. The standard InChI is InChI=1S/C13H21FN2O/c1-5-17-12(13(2,3)4)11(15)9-6-7-16-8-10(9)14/h6-8,11-12H,5,15H2,1-4H3. The third-order valence-electron chi connectivity index (χ3n) is 2.69. The Morgan fingerprint density at radius 1 is 1.47 bits per heavy atom. The molecule has 0 amide bonds. The first-order valence-corrected chi connectivity index (χ1v) is 5.84. The summed E-state index contributed by atoms with van der Waals surface area (Å²) in [6.45, 7) is 8.57. The number of nitrogens with zero attached hydrogens (tertiary/aromatic N) is 1. The highest BCUT2D eigenvalue weighted by Gasteiger charge is 2.32. The molecular formula is C13H21FN2O. The van der Waals surface area contributed by atoms with Crippen LogP contribution >= 0.6 is 0 Å². The maximum Gasteiger partial charge on any atom is 0.146 e. The van der Waals surface area contributed by atoms with E-state index in [1.807, 2.05) is 27.7 Å². The molecule has 2 N–H and O–H groups in total. The van der Waals surface area contributed by atoms with Crippen LogP contribution in [0.25, 0.3) is 0 Å². The van der Waals surface area contributed by atoms with Gasteiger partial charge < -0.3 is 10.5 Å². The lowest BCUT2D eigenvalue weighted by Crippen LogP contribution is -2.39. The zero-order valence-electron chi connectivity index (χ0n) is 10.9. The summed E-state index contributed by atoms with van der Waals surface area (Å²) >= 11 is 0. The van der Waals surface area contributed by atoms with Gasteiger partial charge in [-0.3, -0.25) is 4.98 Å². The van der Waals surface area contributed by atoms with Crippen molar-refractivity contribution in [1.82, 2.24) is 4.98 Å². The van der Waals surface area contributed by atoms with Gasteiger partial charge in [0.25, 0.3) is 0 Å². The monoisotopic (exact) mass is 240 g/mol. The van der Waals surface area contributed by atoms with Crippen molar-refractivity contribution in [1.29, 1.82) is 0 Å². The van der Waals surface area contributed by atoms with Gasteiger partial charge in [0.05, 0.1) is 18.3 Å². The topological polar surface area (TPSA) is 48.1 Å². The zero-order chi connectivity index (χ0) is 13.1. The fourth-order valence-corrected chi connectivity index (χ4v) is 1.89. The molecule has 4 heteroatoms. The molecule has 0 radical (unpaired) electrons. The second-order valence-corrected chi connectivity index (χ2v) is 5.16. The molecule has 1 aromatic heterocycles. The smallest absolute Gasteiger partial charge is 0.146 e. The Kier molecular flexibility index (Phi) is 4.60. The molecule has 0 aliphatic rings. The van der Waals surface area contributed by atoms with Crippen LogP contribution in [0.4, 0.5) is 4.39 Å². The van der Waals surface area contributed by atoms with Crippen LogP contribution in [-0.2, 0) is 4.74 Å². The number of nitrogens with two attached hydrogens (primary N) is 1. The van der Waals surface area contributed by atoms with E-state index in [1.54, 1.807) is 12.3 Å². The molecule has 1 aromatic rings. The Morgan fingerprint density at radius 2 is 2.12 bits per heavy atom.